The van der Waals surface area contributed by atoms with Crippen molar-refractivity contribution in [2.45, 2.75) is 23.7 Å². The fourth-order valence-corrected chi connectivity index (χ4v) is 2.90. The predicted molar refractivity (Wildman–Crippen MR) is 98.6 cm³/mol. The van der Waals surface area contributed by atoms with Gasteiger partial charge in [-0.25, -0.2) is 0 Å². The van der Waals surface area contributed by atoms with Crippen LogP contribution in [0.15, 0.2) is 61.0 Å². The molecule has 0 fully saturated rings. The molecule has 0 aliphatic heterocycles. The smallest absolute Gasteiger partial charge is 0.0410 e. The van der Waals surface area contributed by atoms with Crippen molar-refractivity contribution in [2.75, 3.05) is 0 Å². The minimum atomic E-state index is 0.239. The number of hydrogen-bond donors (Lipinski definition) is 0. The molecule has 0 amide bonds. The van der Waals surface area contributed by atoms with Gasteiger partial charge in [-0.15, -0.1) is 0 Å². The molecule has 0 bridgehead atoms. The summed E-state index contributed by atoms with van der Waals surface area (Å²) in [5.74, 6) is 0. The number of benzene rings is 1. The van der Waals surface area contributed by atoms with Crippen LogP contribution in [0, 0.1) is 6.92 Å². The summed E-state index contributed by atoms with van der Waals surface area (Å²) in [5.41, 5.74) is 6.13. The van der Waals surface area contributed by atoms with Crippen LogP contribution in [0.5, 0.6) is 0 Å². The predicted octanol–water partition coefficient (Wildman–Crippen LogP) is 5.59. The van der Waals surface area contributed by atoms with E-state index in [0.29, 0.717) is 0 Å². The van der Waals surface area contributed by atoms with E-state index in [0.717, 1.165) is 6.42 Å². The van der Waals surface area contributed by atoms with Crippen LogP contribution < -0.4 is 0 Å². The lowest BCUT2D eigenvalue weighted by molar-refractivity contribution is 0.838. The van der Waals surface area contributed by atoms with Crippen molar-refractivity contribution in [2.24, 2.45) is 0 Å². The number of hydrogen-bond acceptors (Lipinski definition) is 1. The van der Waals surface area contributed by atoms with Gasteiger partial charge in [-0.2, -0.15) is 0 Å². The molecule has 1 aliphatic rings. The highest BCUT2D eigenvalue weighted by Crippen LogP contribution is 2.33. The molecular weight excluding hydrogens is 369 g/mol. The van der Waals surface area contributed by atoms with Gasteiger partial charge in [-0.05, 0) is 37.5 Å². The van der Waals surface area contributed by atoms with Gasteiger partial charge in [0.05, 0.1) is 0 Å². The van der Waals surface area contributed by atoms with Crippen LogP contribution >= 0.6 is 22.6 Å². The molecule has 1 aliphatic carbocycles. The Kier molecular flexibility index (Phi) is 3.98. The Morgan fingerprint density at radius 1 is 1.10 bits per heavy atom. The molecular formula is C19H18IN. The minimum Gasteiger partial charge on any atom is -0.263 e. The molecule has 1 aromatic heterocycles. The van der Waals surface area contributed by atoms with Gasteiger partial charge in [0.1, 0.15) is 0 Å². The maximum atomic E-state index is 4.43. The van der Waals surface area contributed by atoms with Gasteiger partial charge in [-0.1, -0.05) is 70.6 Å². The van der Waals surface area contributed by atoms with E-state index in [1.807, 2.05) is 12.4 Å². The quantitative estimate of drug-likeness (QED) is 0.483. The van der Waals surface area contributed by atoms with Gasteiger partial charge in [0.25, 0.3) is 0 Å². The molecule has 3 rings (SSSR count). The molecule has 0 radical (unpaired) electrons. The zero-order chi connectivity index (χ0) is 14.9. The van der Waals surface area contributed by atoms with E-state index in [2.05, 4.69) is 90.0 Å². The van der Waals surface area contributed by atoms with E-state index in [1.54, 1.807) is 0 Å². The lowest BCUT2D eigenvalue weighted by Crippen LogP contribution is -2.12. The Bertz CT molecular complexity index is 726. The summed E-state index contributed by atoms with van der Waals surface area (Å²) in [6, 6.07) is 10.8. The van der Waals surface area contributed by atoms with Gasteiger partial charge in [-0.3, -0.25) is 4.98 Å². The summed E-state index contributed by atoms with van der Waals surface area (Å²) in [6.07, 6.45) is 11.8. The number of rotatable bonds is 2. The fourth-order valence-electron chi connectivity index (χ4n) is 2.50. The molecule has 0 saturated heterocycles. The molecule has 1 heterocycles. The van der Waals surface area contributed by atoms with Gasteiger partial charge < -0.3 is 0 Å². The maximum absolute atomic E-state index is 4.43. The van der Waals surface area contributed by atoms with Crippen molar-refractivity contribution in [1.29, 1.82) is 0 Å². The monoisotopic (exact) mass is 387 g/mol. The van der Waals surface area contributed by atoms with E-state index in [9.17, 15) is 0 Å². The van der Waals surface area contributed by atoms with Crippen LogP contribution in [0.3, 0.4) is 0 Å². The third-order valence-corrected chi connectivity index (χ3v) is 4.55. The largest absolute Gasteiger partial charge is 0.263 e. The third kappa shape index (κ3) is 3.43. The summed E-state index contributed by atoms with van der Waals surface area (Å²) >= 11 is 2.49. The molecule has 0 saturated carbocycles. The average Bonchev–Trinajstić information content (AvgIpc) is 2.47. The number of aromatic nitrogens is 1. The Morgan fingerprint density at radius 2 is 1.90 bits per heavy atom. The number of pyridine rings is 1. The molecule has 106 valence electrons. The Labute approximate surface area is 140 Å². The highest BCUT2D eigenvalue weighted by molar-refractivity contribution is 14.1. The normalized spacial score (nSPS) is 21.2. The number of halogens is 1. The number of allylic oxidation sites excluding steroid dienone is 4. The van der Waals surface area contributed by atoms with Crippen LogP contribution in [-0.4, -0.2) is 8.41 Å². The Balaban J connectivity index is 1.95. The summed E-state index contributed by atoms with van der Waals surface area (Å²) in [6.45, 7) is 4.37. The topological polar surface area (TPSA) is 12.9 Å². The standard InChI is InChI=1S/C19H18IN/c1-14-4-3-5-16(10-14)18-11-17(12-21-13-18)15-6-8-19(2,20)9-7-15/h3-8,10-13H,9H2,1-2H3/t19-/m1/s1. The number of alkyl halides is 1. The van der Waals surface area contributed by atoms with E-state index in [-0.39, 0.29) is 3.42 Å². The van der Waals surface area contributed by atoms with E-state index in [4.69, 9.17) is 0 Å². The van der Waals surface area contributed by atoms with Crippen LogP contribution in [0.4, 0.5) is 0 Å². The lowest BCUT2D eigenvalue weighted by atomic mass is 9.93. The zero-order valence-corrected chi connectivity index (χ0v) is 14.5. The molecule has 21 heavy (non-hydrogen) atoms. The fraction of sp³-hybridized carbons (Fsp3) is 0.211. The minimum absolute atomic E-state index is 0.239. The number of nitrogens with zero attached hydrogens (tertiary/aromatic N) is 1. The van der Waals surface area contributed by atoms with Gasteiger partial charge in [0, 0.05) is 26.9 Å². The second kappa shape index (κ2) is 5.76. The van der Waals surface area contributed by atoms with Crippen molar-refractivity contribution in [1.82, 2.24) is 4.98 Å². The van der Waals surface area contributed by atoms with Crippen molar-refractivity contribution >= 4 is 28.2 Å². The van der Waals surface area contributed by atoms with E-state index >= 15 is 0 Å². The van der Waals surface area contributed by atoms with Gasteiger partial charge >= 0.3 is 0 Å². The summed E-state index contributed by atoms with van der Waals surface area (Å²) in [4.78, 5) is 4.43. The molecule has 2 heteroatoms. The molecule has 0 N–H and O–H groups in total. The Morgan fingerprint density at radius 3 is 2.62 bits per heavy atom. The summed E-state index contributed by atoms with van der Waals surface area (Å²) in [5, 5.41) is 0. The van der Waals surface area contributed by atoms with Crippen LogP contribution in [0.25, 0.3) is 16.7 Å². The first-order valence-corrected chi connectivity index (χ1v) is 8.22. The molecule has 1 aromatic carbocycles. The van der Waals surface area contributed by atoms with Crippen LogP contribution in [0.2, 0.25) is 0 Å². The highest BCUT2D eigenvalue weighted by atomic mass is 127. The van der Waals surface area contributed by atoms with E-state index in [1.165, 1.54) is 27.8 Å². The van der Waals surface area contributed by atoms with Gasteiger partial charge in [0.2, 0.25) is 0 Å². The second-order valence-corrected chi connectivity index (χ2v) is 8.27. The zero-order valence-electron chi connectivity index (χ0n) is 12.3. The van der Waals surface area contributed by atoms with Crippen LogP contribution in [-0.2, 0) is 0 Å². The number of aryl methyl sites for hydroxylation is 1. The first-order chi connectivity index (χ1) is 10.0. The van der Waals surface area contributed by atoms with Crippen molar-refractivity contribution < 1.29 is 0 Å². The Hall–Kier alpha value is -1.42. The lowest BCUT2D eigenvalue weighted by Gasteiger charge is -2.21. The van der Waals surface area contributed by atoms with Crippen molar-refractivity contribution in [3.05, 3.63) is 72.1 Å². The molecule has 2 aromatic rings. The average molecular weight is 387 g/mol. The van der Waals surface area contributed by atoms with Gasteiger partial charge in [0.15, 0.2) is 0 Å². The van der Waals surface area contributed by atoms with Crippen LogP contribution in [0.1, 0.15) is 24.5 Å². The SMILES string of the molecule is Cc1cccc(-c2cncc(C3=CC[C@](C)(I)C=C3)c2)c1. The molecule has 1 nitrogen and oxygen atoms in total. The molecule has 0 spiro atoms. The van der Waals surface area contributed by atoms with Crippen molar-refractivity contribution in [3.63, 3.8) is 0 Å². The molecule has 1 atom stereocenters. The first-order valence-electron chi connectivity index (χ1n) is 7.14. The summed E-state index contributed by atoms with van der Waals surface area (Å²) in [7, 11) is 0. The second-order valence-electron chi connectivity index (χ2n) is 5.81. The first kappa shape index (κ1) is 14.5. The van der Waals surface area contributed by atoms with E-state index < -0.39 is 0 Å². The summed E-state index contributed by atoms with van der Waals surface area (Å²) < 4.78 is 0.239. The maximum Gasteiger partial charge on any atom is 0.0410 e. The van der Waals surface area contributed by atoms with Crippen molar-refractivity contribution in [3.8, 4) is 11.1 Å². The third-order valence-electron chi connectivity index (χ3n) is 3.75. The molecule has 0 unspecified atom stereocenters. The highest BCUT2D eigenvalue weighted by Gasteiger charge is 2.18.